The molecular formula is C17H19ClO4. The Morgan fingerprint density at radius 3 is 2.45 bits per heavy atom. The van der Waals surface area contributed by atoms with Crippen LogP contribution in [0, 0.1) is 0 Å². The smallest absolute Gasteiger partial charge is 0.165 e. The van der Waals surface area contributed by atoms with E-state index in [2.05, 4.69) is 0 Å². The summed E-state index contributed by atoms with van der Waals surface area (Å²) in [5.41, 5.74) is 1.02. The third-order valence-electron chi connectivity index (χ3n) is 2.83. The number of ether oxygens (including phenoxy) is 2. The molecule has 1 unspecified atom stereocenters. The SMILES string of the molecule is COCC(C)OOc1ccc(OCc2cccc(Cl)c2)cc1. The van der Waals surface area contributed by atoms with Crippen LogP contribution in [0.5, 0.6) is 11.5 Å². The van der Waals surface area contributed by atoms with E-state index in [9.17, 15) is 0 Å². The number of halogens is 1. The van der Waals surface area contributed by atoms with Gasteiger partial charge in [0.1, 0.15) is 18.5 Å². The van der Waals surface area contributed by atoms with Crippen LogP contribution in [0.3, 0.4) is 0 Å². The molecule has 0 aliphatic carbocycles. The number of benzene rings is 2. The molecule has 0 amide bonds. The molecule has 4 nitrogen and oxygen atoms in total. The van der Waals surface area contributed by atoms with Gasteiger partial charge in [-0.25, -0.2) is 0 Å². The van der Waals surface area contributed by atoms with Crippen LogP contribution < -0.4 is 9.62 Å². The first-order valence-corrected chi connectivity index (χ1v) is 7.35. The Hall–Kier alpha value is -1.75. The van der Waals surface area contributed by atoms with Gasteiger partial charge in [0.25, 0.3) is 0 Å². The summed E-state index contributed by atoms with van der Waals surface area (Å²) in [6.07, 6.45) is -0.135. The maximum absolute atomic E-state index is 5.94. The van der Waals surface area contributed by atoms with Crippen molar-refractivity contribution in [3.8, 4) is 11.5 Å². The summed E-state index contributed by atoms with van der Waals surface area (Å²) in [5, 5.41) is 0.701. The van der Waals surface area contributed by atoms with Crippen molar-refractivity contribution in [2.24, 2.45) is 0 Å². The van der Waals surface area contributed by atoms with Crippen molar-refractivity contribution < 1.29 is 19.2 Å². The summed E-state index contributed by atoms with van der Waals surface area (Å²) in [6, 6.07) is 14.8. The fourth-order valence-electron chi connectivity index (χ4n) is 1.79. The van der Waals surface area contributed by atoms with Crippen molar-refractivity contribution in [3.63, 3.8) is 0 Å². The highest BCUT2D eigenvalue weighted by molar-refractivity contribution is 6.30. The van der Waals surface area contributed by atoms with Gasteiger partial charge in [-0.05, 0) is 48.9 Å². The lowest BCUT2D eigenvalue weighted by Crippen LogP contribution is -2.16. The average molecular weight is 323 g/mol. The molecule has 0 aliphatic heterocycles. The average Bonchev–Trinajstić information content (AvgIpc) is 2.52. The highest BCUT2D eigenvalue weighted by Gasteiger charge is 2.04. The van der Waals surface area contributed by atoms with Gasteiger partial charge in [-0.15, -0.1) is 0 Å². The molecule has 0 N–H and O–H groups in total. The van der Waals surface area contributed by atoms with Gasteiger partial charge < -0.3 is 14.4 Å². The summed E-state index contributed by atoms with van der Waals surface area (Å²) in [6.45, 7) is 2.80. The standard InChI is InChI=1S/C17H19ClO4/c1-13(11-19-2)21-22-17-8-6-16(7-9-17)20-12-14-4-3-5-15(18)10-14/h3-10,13H,11-12H2,1-2H3. The molecule has 0 saturated carbocycles. The molecule has 0 aromatic heterocycles. The van der Waals surface area contributed by atoms with Crippen LogP contribution in [-0.4, -0.2) is 19.8 Å². The van der Waals surface area contributed by atoms with Crippen molar-refractivity contribution in [2.75, 3.05) is 13.7 Å². The largest absolute Gasteiger partial charge is 0.489 e. The Bertz CT molecular complexity index is 571. The number of hydrogen-bond acceptors (Lipinski definition) is 4. The maximum atomic E-state index is 5.94. The molecule has 0 radical (unpaired) electrons. The van der Waals surface area contributed by atoms with Gasteiger partial charge in [-0.2, -0.15) is 4.89 Å². The quantitative estimate of drug-likeness (QED) is 0.537. The van der Waals surface area contributed by atoms with Crippen LogP contribution in [0.2, 0.25) is 5.02 Å². The topological polar surface area (TPSA) is 36.9 Å². The van der Waals surface area contributed by atoms with Crippen molar-refractivity contribution in [2.45, 2.75) is 19.6 Å². The minimum atomic E-state index is -0.135. The zero-order chi connectivity index (χ0) is 15.8. The van der Waals surface area contributed by atoms with E-state index >= 15 is 0 Å². The molecule has 0 bridgehead atoms. The van der Waals surface area contributed by atoms with E-state index in [0.717, 1.165) is 11.3 Å². The van der Waals surface area contributed by atoms with Gasteiger partial charge in [0, 0.05) is 12.1 Å². The summed E-state index contributed by atoms with van der Waals surface area (Å²) in [4.78, 5) is 10.4. The van der Waals surface area contributed by atoms with E-state index in [4.69, 9.17) is 30.8 Å². The molecule has 0 aliphatic rings. The zero-order valence-corrected chi connectivity index (χ0v) is 13.4. The highest BCUT2D eigenvalue weighted by Crippen LogP contribution is 2.20. The lowest BCUT2D eigenvalue weighted by Gasteiger charge is -2.11. The molecule has 0 heterocycles. The maximum Gasteiger partial charge on any atom is 0.165 e. The third kappa shape index (κ3) is 5.56. The monoisotopic (exact) mass is 322 g/mol. The molecule has 2 aromatic rings. The molecule has 1 atom stereocenters. The van der Waals surface area contributed by atoms with Crippen molar-refractivity contribution in [1.82, 2.24) is 0 Å². The van der Waals surface area contributed by atoms with Crippen LogP contribution in [-0.2, 0) is 16.2 Å². The fraction of sp³-hybridized carbons (Fsp3) is 0.294. The lowest BCUT2D eigenvalue weighted by atomic mass is 10.2. The van der Waals surface area contributed by atoms with Crippen molar-refractivity contribution in [1.29, 1.82) is 0 Å². The third-order valence-corrected chi connectivity index (χ3v) is 3.06. The molecule has 2 aromatic carbocycles. The molecule has 22 heavy (non-hydrogen) atoms. The minimum absolute atomic E-state index is 0.135. The Morgan fingerprint density at radius 2 is 1.77 bits per heavy atom. The Labute approximate surface area is 135 Å². The number of hydrogen-bond donors (Lipinski definition) is 0. The van der Waals surface area contributed by atoms with Crippen molar-refractivity contribution in [3.05, 3.63) is 59.1 Å². The predicted octanol–water partition coefficient (Wildman–Crippen LogP) is 4.26. The van der Waals surface area contributed by atoms with Gasteiger partial charge in [0.15, 0.2) is 5.75 Å². The molecule has 5 heteroatoms. The summed E-state index contributed by atoms with van der Waals surface area (Å²) in [5.74, 6) is 1.36. The van der Waals surface area contributed by atoms with Crippen LogP contribution >= 0.6 is 11.6 Å². The summed E-state index contributed by atoms with van der Waals surface area (Å²) < 4.78 is 10.7. The fourth-order valence-corrected chi connectivity index (χ4v) is 2.00. The Morgan fingerprint density at radius 1 is 1.05 bits per heavy atom. The predicted molar refractivity (Wildman–Crippen MR) is 85.3 cm³/mol. The van der Waals surface area contributed by atoms with Crippen molar-refractivity contribution >= 4 is 11.6 Å². The van der Waals surface area contributed by atoms with Gasteiger partial charge in [-0.3, -0.25) is 0 Å². The molecule has 0 spiro atoms. The van der Waals surface area contributed by atoms with Gasteiger partial charge in [0.05, 0.1) is 6.61 Å². The van der Waals surface area contributed by atoms with Gasteiger partial charge >= 0.3 is 0 Å². The normalized spacial score (nSPS) is 12.0. The molecule has 0 saturated heterocycles. The molecule has 118 valence electrons. The van der Waals surface area contributed by atoms with E-state index in [1.54, 1.807) is 19.2 Å². The van der Waals surface area contributed by atoms with Crippen LogP contribution in [0.1, 0.15) is 12.5 Å². The van der Waals surface area contributed by atoms with E-state index in [0.29, 0.717) is 24.0 Å². The van der Waals surface area contributed by atoms with E-state index in [-0.39, 0.29) is 6.10 Å². The lowest BCUT2D eigenvalue weighted by molar-refractivity contribution is -0.248. The van der Waals surface area contributed by atoms with Gasteiger partial charge in [-0.1, -0.05) is 23.7 Å². The second-order valence-corrected chi connectivity index (χ2v) is 5.27. The van der Waals surface area contributed by atoms with Crippen LogP contribution in [0.15, 0.2) is 48.5 Å². The first-order chi connectivity index (χ1) is 10.7. The number of methoxy groups -OCH3 is 1. The zero-order valence-electron chi connectivity index (χ0n) is 12.6. The van der Waals surface area contributed by atoms with E-state index < -0.39 is 0 Å². The second kappa shape index (κ2) is 8.63. The first kappa shape index (κ1) is 16.6. The second-order valence-electron chi connectivity index (χ2n) is 4.84. The Balaban J connectivity index is 1.81. The van der Waals surface area contributed by atoms with E-state index in [1.807, 2.05) is 43.3 Å². The van der Waals surface area contributed by atoms with Gasteiger partial charge in [0.2, 0.25) is 0 Å². The van der Waals surface area contributed by atoms with Crippen LogP contribution in [0.25, 0.3) is 0 Å². The molecular weight excluding hydrogens is 304 g/mol. The van der Waals surface area contributed by atoms with Crippen LogP contribution in [0.4, 0.5) is 0 Å². The highest BCUT2D eigenvalue weighted by atomic mass is 35.5. The minimum Gasteiger partial charge on any atom is -0.489 e. The summed E-state index contributed by atoms with van der Waals surface area (Å²) >= 11 is 5.94. The first-order valence-electron chi connectivity index (χ1n) is 6.97. The summed E-state index contributed by atoms with van der Waals surface area (Å²) in [7, 11) is 1.62. The Kier molecular flexibility index (Phi) is 6.52. The molecule has 2 rings (SSSR count). The molecule has 0 fully saturated rings. The van der Waals surface area contributed by atoms with E-state index in [1.165, 1.54) is 0 Å². The number of rotatable bonds is 8.